The van der Waals surface area contributed by atoms with Crippen LogP contribution < -0.4 is 0 Å². The summed E-state index contributed by atoms with van der Waals surface area (Å²) in [5.41, 5.74) is 5.99. The highest BCUT2D eigenvalue weighted by molar-refractivity contribution is 6.03. The Morgan fingerprint density at radius 3 is 2.89 bits per heavy atom. The molecule has 3 rings (SSSR count). The molecule has 1 fully saturated rings. The Bertz CT molecular complexity index is 456. The summed E-state index contributed by atoms with van der Waals surface area (Å²) in [4.78, 5) is 4.69. The van der Waals surface area contributed by atoms with Crippen molar-refractivity contribution in [3.63, 3.8) is 0 Å². The van der Waals surface area contributed by atoms with Crippen molar-refractivity contribution in [2.45, 2.75) is 58.3 Å². The number of nitrogens with zero attached hydrogens (tertiary/aromatic N) is 1. The molecule has 2 aliphatic carbocycles. The van der Waals surface area contributed by atoms with Gasteiger partial charge in [0.25, 0.3) is 0 Å². The molecule has 19 heavy (non-hydrogen) atoms. The van der Waals surface area contributed by atoms with Crippen molar-refractivity contribution in [1.29, 1.82) is 0 Å². The van der Waals surface area contributed by atoms with Crippen LogP contribution >= 0.6 is 0 Å². The van der Waals surface area contributed by atoms with Gasteiger partial charge >= 0.3 is 0 Å². The zero-order valence-electron chi connectivity index (χ0n) is 12.1. The Morgan fingerprint density at radius 1 is 1.21 bits per heavy atom. The van der Waals surface area contributed by atoms with Gasteiger partial charge in [-0.3, -0.25) is 4.99 Å². The molecule has 1 saturated carbocycles. The maximum atomic E-state index is 4.69. The molecule has 0 aromatic heterocycles. The van der Waals surface area contributed by atoms with Crippen molar-refractivity contribution in [2.24, 2.45) is 10.9 Å². The largest absolute Gasteiger partial charge is 0.289 e. The fourth-order valence-electron chi connectivity index (χ4n) is 3.85. The van der Waals surface area contributed by atoms with Gasteiger partial charge in [-0.15, -0.1) is 0 Å². The average molecular weight is 255 g/mol. The van der Waals surface area contributed by atoms with E-state index < -0.39 is 0 Å². The van der Waals surface area contributed by atoms with Gasteiger partial charge in [0, 0.05) is 12.3 Å². The van der Waals surface area contributed by atoms with E-state index in [9.17, 15) is 0 Å². The van der Waals surface area contributed by atoms with Crippen LogP contribution in [0.3, 0.4) is 0 Å². The molecule has 0 aromatic rings. The normalized spacial score (nSPS) is 24.7. The maximum absolute atomic E-state index is 4.69. The first kappa shape index (κ1) is 12.9. The molecule has 0 saturated heterocycles. The van der Waals surface area contributed by atoms with Crippen LogP contribution in [0.2, 0.25) is 0 Å². The third-order valence-electron chi connectivity index (χ3n) is 4.82. The summed E-state index contributed by atoms with van der Waals surface area (Å²) in [6.45, 7) is 3.18. The monoisotopic (exact) mass is 255 g/mol. The lowest BCUT2D eigenvalue weighted by molar-refractivity contribution is 0.354. The van der Waals surface area contributed by atoms with Crippen LogP contribution in [0.1, 0.15) is 58.3 Å². The predicted molar refractivity (Wildman–Crippen MR) is 82.7 cm³/mol. The van der Waals surface area contributed by atoms with Crippen molar-refractivity contribution < 1.29 is 0 Å². The van der Waals surface area contributed by atoms with E-state index in [1.165, 1.54) is 55.4 Å². The van der Waals surface area contributed by atoms with Gasteiger partial charge in [0.15, 0.2) is 0 Å². The summed E-state index contributed by atoms with van der Waals surface area (Å²) in [6.07, 6.45) is 17.7. The Kier molecular flexibility index (Phi) is 4.00. The smallest absolute Gasteiger partial charge is 0.0433 e. The van der Waals surface area contributed by atoms with E-state index in [0.717, 1.165) is 25.3 Å². The Morgan fingerprint density at radius 2 is 2.05 bits per heavy atom. The first-order valence-electron chi connectivity index (χ1n) is 7.94. The molecule has 1 aliphatic heterocycles. The molecule has 0 N–H and O–H groups in total. The first-order valence-corrected chi connectivity index (χ1v) is 7.94. The van der Waals surface area contributed by atoms with Gasteiger partial charge in [0.2, 0.25) is 0 Å². The van der Waals surface area contributed by atoms with Crippen LogP contribution in [0.4, 0.5) is 0 Å². The van der Waals surface area contributed by atoms with Crippen LogP contribution in [0.25, 0.3) is 0 Å². The van der Waals surface area contributed by atoms with E-state index in [1.807, 2.05) is 0 Å². The van der Waals surface area contributed by atoms with E-state index in [2.05, 4.69) is 30.1 Å². The molecule has 1 nitrogen and oxygen atoms in total. The van der Waals surface area contributed by atoms with Gasteiger partial charge in [-0.05, 0) is 43.3 Å². The third kappa shape index (κ3) is 2.91. The number of aliphatic imine (C=N–C) groups is 1. The van der Waals surface area contributed by atoms with Crippen LogP contribution in [-0.4, -0.2) is 12.3 Å². The zero-order chi connectivity index (χ0) is 13.1. The van der Waals surface area contributed by atoms with Crippen molar-refractivity contribution in [1.82, 2.24) is 0 Å². The summed E-state index contributed by atoms with van der Waals surface area (Å²) in [5.74, 6) is 0.929. The zero-order valence-corrected chi connectivity index (χ0v) is 12.1. The minimum Gasteiger partial charge on any atom is -0.289 e. The van der Waals surface area contributed by atoms with Gasteiger partial charge in [0.1, 0.15) is 0 Å². The predicted octanol–water partition coefficient (Wildman–Crippen LogP) is 5.00. The molecule has 0 radical (unpaired) electrons. The second-order valence-corrected chi connectivity index (χ2v) is 6.23. The van der Waals surface area contributed by atoms with Gasteiger partial charge in [-0.25, -0.2) is 0 Å². The summed E-state index contributed by atoms with van der Waals surface area (Å²) in [6, 6.07) is 0. The lowest BCUT2D eigenvalue weighted by atomic mass is 9.81. The van der Waals surface area contributed by atoms with E-state index in [4.69, 9.17) is 0 Å². The third-order valence-corrected chi connectivity index (χ3v) is 4.82. The summed E-state index contributed by atoms with van der Waals surface area (Å²) in [5, 5.41) is 0. The van der Waals surface area contributed by atoms with Crippen molar-refractivity contribution in [3.05, 3.63) is 34.9 Å². The second kappa shape index (κ2) is 5.90. The highest BCUT2D eigenvalue weighted by Crippen LogP contribution is 2.35. The fourth-order valence-corrected chi connectivity index (χ4v) is 3.85. The second-order valence-electron chi connectivity index (χ2n) is 6.23. The molecular formula is C18H25N. The Balaban J connectivity index is 1.87. The van der Waals surface area contributed by atoms with Crippen molar-refractivity contribution in [2.75, 3.05) is 6.54 Å². The van der Waals surface area contributed by atoms with Crippen LogP contribution in [0, 0.1) is 5.92 Å². The fraction of sp³-hybridized carbons (Fsp3) is 0.611. The van der Waals surface area contributed by atoms with E-state index in [1.54, 1.807) is 5.57 Å². The van der Waals surface area contributed by atoms with E-state index >= 15 is 0 Å². The van der Waals surface area contributed by atoms with Crippen molar-refractivity contribution in [3.8, 4) is 0 Å². The van der Waals surface area contributed by atoms with Crippen molar-refractivity contribution >= 4 is 5.71 Å². The van der Waals surface area contributed by atoms with Crippen LogP contribution in [0.15, 0.2) is 39.9 Å². The minimum atomic E-state index is 0.929. The van der Waals surface area contributed by atoms with Gasteiger partial charge in [0.05, 0.1) is 0 Å². The highest BCUT2D eigenvalue weighted by atomic mass is 14.7. The van der Waals surface area contributed by atoms with Gasteiger partial charge in [-0.2, -0.15) is 0 Å². The standard InChI is InChI=1S/C18H25N/c1-14-18-16(11-12-19-14)9-5-6-10-17(18)13-15-7-3-2-4-8-15/h5-6,9,15H,2-4,7-8,10-13H2,1H3. The summed E-state index contributed by atoms with van der Waals surface area (Å²) in [7, 11) is 0. The topological polar surface area (TPSA) is 12.4 Å². The molecule has 102 valence electrons. The molecular weight excluding hydrogens is 230 g/mol. The van der Waals surface area contributed by atoms with E-state index in [-0.39, 0.29) is 0 Å². The SMILES string of the molecule is CC1=NCCC2=CC=CCC(CC3CCCCC3)=C21. The molecule has 0 amide bonds. The molecule has 3 aliphatic rings. The lowest BCUT2D eigenvalue weighted by Gasteiger charge is -2.26. The Labute approximate surface area is 117 Å². The molecule has 0 aromatic carbocycles. The Hall–Kier alpha value is -1.11. The lowest BCUT2D eigenvalue weighted by Crippen LogP contribution is -2.14. The van der Waals surface area contributed by atoms with Crippen LogP contribution in [0.5, 0.6) is 0 Å². The first-order chi connectivity index (χ1) is 9.34. The quantitative estimate of drug-likeness (QED) is 0.658. The highest BCUT2D eigenvalue weighted by Gasteiger charge is 2.22. The van der Waals surface area contributed by atoms with Crippen LogP contribution in [-0.2, 0) is 0 Å². The number of hydrogen-bond donors (Lipinski definition) is 0. The summed E-state index contributed by atoms with van der Waals surface area (Å²) >= 11 is 0. The average Bonchev–Trinajstić information content (AvgIpc) is 2.64. The molecule has 0 atom stereocenters. The number of hydrogen-bond acceptors (Lipinski definition) is 1. The minimum absolute atomic E-state index is 0.929. The molecule has 0 bridgehead atoms. The molecule has 0 spiro atoms. The number of fused-ring (bicyclic) bond motifs is 1. The molecule has 0 unspecified atom stereocenters. The molecule has 1 heterocycles. The van der Waals surface area contributed by atoms with Gasteiger partial charge in [-0.1, -0.05) is 55.9 Å². The van der Waals surface area contributed by atoms with E-state index in [0.29, 0.717) is 0 Å². The maximum Gasteiger partial charge on any atom is 0.0433 e. The number of rotatable bonds is 2. The molecule has 1 heteroatoms. The van der Waals surface area contributed by atoms with Gasteiger partial charge < -0.3 is 0 Å². The summed E-state index contributed by atoms with van der Waals surface area (Å²) < 4.78 is 0. The number of allylic oxidation sites excluding steroid dienone is 5.